The molecule has 0 unspecified atom stereocenters. The highest BCUT2D eigenvalue weighted by Crippen LogP contribution is 2.28. The molecule has 0 atom stereocenters. The van der Waals surface area contributed by atoms with Crippen LogP contribution in [0.4, 0.5) is 4.70 Å². The lowest BCUT2D eigenvalue weighted by molar-refractivity contribution is 1.11. The SMILES string of the molecule is C=C(/C=C(\C)c1ccc2ccccc2c1)c1ccc2cc3ccccc3cc2c1.F. The Bertz CT molecular complexity index is 1420. The van der Waals surface area contributed by atoms with E-state index in [4.69, 9.17) is 0 Å². The van der Waals surface area contributed by atoms with Crippen LogP contribution in [0.2, 0.25) is 0 Å². The number of rotatable bonds is 3. The minimum Gasteiger partial charge on any atom is -0.269 e. The maximum atomic E-state index is 4.35. The second-order valence-electron chi connectivity index (χ2n) is 7.68. The summed E-state index contributed by atoms with van der Waals surface area (Å²) in [4.78, 5) is 0. The summed E-state index contributed by atoms with van der Waals surface area (Å²) in [5.74, 6) is 0. The molecule has 0 aliphatic carbocycles. The highest BCUT2D eigenvalue weighted by Gasteiger charge is 2.04. The molecule has 0 aliphatic rings. The second-order valence-corrected chi connectivity index (χ2v) is 7.68. The van der Waals surface area contributed by atoms with Crippen LogP contribution in [0.3, 0.4) is 0 Å². The van der Waals surface area contributed by atoms with E-state index in [-0.39, 0.29) is 4.70 Å². The lowest BCUT2D eigenvalue weighted by Gasteiger charge is -2.08. The first-order valence-corrected chi connectivity index (χ1v) is 9.97. The van der Waals surface area contributed by atoms with Crippen LogP contribution in [0.5, 0.6) is 0 Å². The number of benzene rings is 5. The third-order valence-corrected chi connectivity index (χ3v) is 5.67. The van der Waals surface area contributed by atoms with Crippen molar-refractivity contribution in [1.82, 2.24) is 0 Å². The third kappa shape index (κ3) is 3.62. The molecule has 1 heteroatoms. The first kappa shape index (κ1) is 19.6. The zero-order valence-corrected chi connectivity index (χ0v) is 16.9. The Morgan fingerprint density at radius 2 is 1.03 bits per heavy atom. The van der Waals surface area contributed by atoms with Gasteiger partial charge in [0.25, 0.3) is 0 Å². The molecule has 0 fully saturated rings. The van der Waals surface area contributed by atoms with Gasteiger partial charge in [0.2, 0.25) is 0 Å². The third-order valence-electron chi connectivity index (χ3n) is 5.67. The molecule has 5 aromatic rings. The fourth-order valence-corrected chi connectivity index (χ4v) is 4.00. The van der Waals surface area contributed by atoms with E-state index in [1.807, 2.05) is 0 Å². The van der Waals surface area contributed by atoms with Gasteiger partial charge in [-0.1, -0.05) is 85.5 Å². The van der Waals surface area contributed by atoms with Gasteiger partial charge in [-0.3, -0.25) is 4.70 Å². The zero-order valence-electron chi connectivity index (χ0n) is 16.9. The minimum atomic E-state index is 0. The zero-order chi connectivity index (χ0) is 19.8. The van der Waals surface area contributed by atoms with Gasteiger partial charge in [-0.05, 0) is 85.8 Å². The van der Waals surface area contributed by atoms with Gasteiger partial charge in [-0.25, -0.2) is 0 Å². The summed E-state index contributed by atoms with van der Waals surface area (Å²) in [7, 11) is 0. The van der Waals surface area contributed by atoms with Crippen LogP contribution >= 0.6 is 0 Å². The normalized spacial score (nSPS) is 11.6. The van der Waals surface area contributed by atoms with Gasteiger partial charge in [-0.2, -0.15) is 0 Å². The average molecular weight is 391 g/mol. The van der Waals surface area contributed by atoms with Gasteiger partial charge < -0.3 is 0 Å². The van der Waals surface area contributed by atoms with Crippen LogP contribution in [0, 0.1) is 0 Å². The Kier molecular flexibility index (Phi) is 5.20. The molecule has 0 aromatic heterocycles. The fraction of sp³-hybridized carbons (Fsp3) is 0.0345. The smallest absolute Gasteiger partial charge is 0.0171 e. The summed E-state index contributed by atoms with van der Waals surface area (Å²) in [6.07, 6.45) is 2.19. The van der Waals surface area contributed by atoms with Crippen LogP contribution in [0.1, 0.15) is 18.1 Å². The van der Waals surface area contributed by atoms with Gasteiger partial charge in [0.15, 0.2) is 0 Å². The molecule has 0 radical (unpaired) electrons. The second kappa shape index (κ2) is 7.96. The predicted molar refractivity (Wildman–Crippen MR) is 131 cm³/mol. The van der Waals surface area contributed by atoms with Gasteiger partial charge in [0.1, 0.15) is 0 Å². The molecule has 0 aliphatic heterocycles. The van der Waals surface area contributed by atoms with Gasteiger partial charge in [0, 0.05) is 0 Å². The summed E-state index contributed by atoms with van der Waals surface area (Å²) >= 11 is 0. The Morgan fingerprint density at radius 1 is 0.567 bits per heavy atom. The van der Waals surface area contributed by atoms with E-state index in [1.165, 1.54) is 43.5 Å². The molecule has 146 valence electrons. The highest BCUT2D eigenvalue weighted by molar-refractivity contribution is 6.00. The first-order valence-electron chi connectivity index (χ1n) is 9.97. The molecular formula is C29H23F. The van der Waals surface area contributed by atoms with E-state index in [9.17, 15) is 0 Å². The molecule has 0 saturated carbocycles. The van der Waals surface area contributed by atoms with Crippen LogP contribution in [0.15, 0.2) is 110 Å². The quantitative estimate of drug-likeness (QED) is 0.214. The van der Waals surface area contributed by atoms with Crippen LogP contribution in [0.25, 0.3) is 43.5 Å². The largest absolute Gasteiger partial charge is 0.269 e. The molecule has 0 amide bonds. The van der Waals surface area contributed by atoms with Gasteiger partial charge >= 0.3 is 0 Å². The average Bonchev–Trinajstić information content (AvgIpc) is 2.76. The number of halogens is 1. The topological polar surface area (TPSA) is 0 Å². The Morgan fingerprint density at radius 3 is 1.73 bits per heavy atom. The summed E-state index contributed by atoms with van der Waals surface area (Å²) in [5, 5.41) is 7.59. The first-order chi connectivity index (χ1) is 14.2. The predicted octanol–water partition coefficient (Wildman–Crippen LogP) is 8.42. The van der Waals surface area contributed by atoms with Crippen molar-refractivity contribution in [3.63, 3.8) is 0 Å². The fourth-order valence-electron chi connectivity index (χ4n) is 4.00. The number of allylic oxidation sites excluding steroid dienone is 3. The van der Waals surface area contributed by atoms with Crippen LogP contribution in [-0.2, 0) is 0 Å². The van der Waals surface area contributed by atoms with Crippen molar-refractivity contribution in [3.8, 4) is 0 Å². The van der Waals surface area contributed by atoms with E-state index in [2.05, 4.69) is 117 Å². The van der Waals surface area contributed by atoms with Crippen molar-refractivity contribution in [2.75, 3.05) is 0 Å². The molecule has 30 heavy (non-hydrogen) atoms. The number of fused-ring (bicyclic) bond motifs is 3. The van der Waals surface area contributed by atoms with E-state index in [0.717, 1.165) is 11.1 Å². The standard InChI is InChI=1S/C29H22.FH/c1-20(23-12-11-22-7-3-4-8-25(22)16-23)15-21(2)24-13-14-28-18-26-9-5-6-10-27(26)19-29(28)17-24;/h3-19H,2H2,1H3;1H/b20-15+;. The maximum absolute atomic E-state index is 4.35. The number of hydrogen-bond donors (Lipinski definition) is 0. The number of hydrogen-bond acceptors (Lipinski definition) is 0. The molecule has 5 rings (SSSR count). The van der Waals surface area contributed by atoms with Crippen molar-refractivity contribution in [3.05, 3.63) is 121 Å². The monoisotopic (exact) mass is 390 g/mol. The van der Waals surface area contributed by atoms with Gasteiger partial charge in [-0.15, -0.1) is 0 Å². The van der Waals surface area contributed by atoms with E-state index < -0.39 is 0 Å². The van der Waals surface area contributed by atoms with Crippen molar-refractivity contribution >= 4 is 43.5 Å². The van der Waals surface area contributed by atoms with E-state index in [0.29, 0.717) is 0 Å². The Labute approximate surface area is 176 Å². The molecule has 0 saturated heterocycles. The summed E-state index contributed by atoms with van der Waals surface area (Å²) in [6.45, 7) is 6.50. The summed E-state index contributed by atoms with van der Waals surface area (Å²) in [6, 6.07) is 34.7. The highest BCUT2D eigenvalue weighted by atomic mass is 19.0. The molecule has 0 nitrogen and oxygen atoms in total. The van der Waals surface area contributed by atoms with Crippen molar-refractivity contribution in [2.45, 2.75) is 6.92 Å². The minimum absolute atomic E-state index is 0. The maximum Gasteiger partial charge on any atom is -0.0171 e. The van der Waals surface area contributed by atoms with E-state index in [1.54, 1.807) is 0 Å². The molecule has 5 aromatic carbocycles. The van der Waals surface area contributed by atoms with Gasteiger partial charge in [0.05, 0.1) is 0 Å². The molecule has 0 spiro atoms. The lowest BCUT2D eigenvalue weighted by atomic mass is 9.96. The Hall–Kier alpha value is -3.71. The van der Waals surface area contributed by atoms with E-state index >= 15 is 0 Å². The molecule has 0 heterocycles. The Balaban J connectivity index is 0.00000218. The van der Waals surface area contributed by atoms with Crippen LogP contribution in [-0.4, -0.2) is 0 Å². The van der Waals surface area contributed by atoms with Crippen LogP contribution < -0.4 is 0 Å². The van der Waals surface area contributed by atoms with Crippen molar-refractivity contribution in [2.24, 2.45) is 0 Å². The van der Waals surface area contributed by atoms with Crippen molar-refractivity contribution < 1.29 is 4.70 Å². The van der Waals surface area contributed by atoms with Crippen molar-refractivity contribution in [1.29, 1.82) is 0 Å². The molecular weight excluding hydrogens is 367 g/mol. The lowest BCUT2D eigenvalue weighted by Crippen LogP contribution is -1.85. The summed E-state index contributed by atoms with van der Waals surface area (Å²) < 4.78 is 0. The molecule has 0 bridgehead atoms. The molecule has 0 N–H and O–H groups in total. The summed E-state index contributed by atoms with van der Waals surface area (Å²) in [5.41, 5.74) is 4.65.